The largest absolute Gasteiger partial charge is 0.497 e. The van der Waals surface area contributed by atoms with Gasteiger partial charge in [0, 0.05) is 31.6 Å². The molecule has 0 radical (unpaired) electrons. The van der Waals surface area contributed by atoms with Crippen LogP contribution in [0.15, 0.2) is 23.4 Å². The number of H-pyrrole nitrogens is 1. The van der Waals surface area contributed by atoms with Gasteiger partial charge in [-0.05, 0) is 25.1 Å². The van der Waals surface area contributed by atoms with Gasteiger partial charge in [0.05, 0.1) is 18.1 Å². The molecule has 0 aliphatic carbocycles. The molecule has 0 spiro atoms. The third-order valence-electron chi connectivity index (χ3n) is 3.11. The second-order valence-corrected chi connectivity index (χ2v) is 6.33. The van der Waals surface area contributed by atoms with Crippen molar-refractivity contribution >= 4 is 22.8 Å². The zero-order chi connectivity index (χ0) is 15.1. The van der Waals surface area contributed by atoms with E-state index >= 15 is 0 Å². The number of methoxy groups -OCH3 is 2. The molecule has 0 fully saturated rings. The Hall–Kier alpha value is -1.24. The number of aromatic amines is 1. The number of aromatic nitrogens is 2. The van der Waals surface area contributed by atoms with E-state index in [1.807, 2.05) is 18.2 Å². The van der Waals surface area contributed by atoms with Gasteiger partial charge in [0.1, 0.15) is 5.75 Å². The van der Waals surface area contributed by atoms with Crippen LogP contribution in [0.1, 0.15) is 13.3 Å². The highest BCUT2D eigenvalue weighted by Gasteiger charge is 2.09. The number of nitrogens with zero attached hydrogens (tertiary/aromatic N) is 1. The molecule has 0 aliphatic rings. The molecule has 0 aliphatic heterocycles. The Morgan fingerprint density at radius 3 is 3.00 bits per heavy atom. The molecule has 1 heterocycles. The van der Waals surface area contributed by atoms with Crippen molar-refractivity contribution in [1.82, 2.24) is 15.3 Å². The molecule has 2 rings (SSSR count). The summed E-state index contributed by atoms with van der Waals surface area (Å²) in [6, 6.07) is 5.88. The van der Waals surface area contributed by atoms with E-state index in [0.29, 0.717) is 5.25 Å². The lowest BCUT2D eigenvalue weighted by Gasteiger charge is -2.10. The third-order valence-corrected chi connectivity index (χ3v) is 4.10. The van der Waals surface area contributed by atoms with E-state index in [9.17, 15) is 0 Å². The first kappa shape index (κ1) is 16.1. The lowest BCUT2D eigenvalue weighted by Crippen LogP contribution is -2.24. The number of hydrogen-bond donors (Lipinski definition) is 2. The van der Waals surface area contributed by atoms with Crippen molar-refractivity contribution in [3.63, 3.8) is 0 Å². The zero-order valence-corrected chi connectivity index (χ0v) is 13.6. The first-order valence-electron chi connectivity index (χ1n) is 7.13. The van der Waals surface area contributed by atoms with Crippen molar-refractivity contribution in [2.45, 2.75) is 23.8 Å². The zero-order valence-electron chi connectivity index (χ0n) is 12.8. The number of imidazole rings is 1. The van der Waals surface area contributed by atoms with Crippen molar-refractivity contribution in [2.24, 2.45) is 0 Å². The fraction of sp³-hybridized carbons (Fsp3) is 0.533. The summed E-state index contributed by atoms with van der Waals surface area (Å²) in [5.41, 5.74) is 1.98. The summed E-state index contributed by atoms with van der Waals surface area (Å²) >= 11 is 1.75. The normalized spacial score (nSPS) is 12.7. The van der Waals surface area contributed by atoms with Gasteiger partial charge in [-0.1, -0.05) is 18.7 Å². The molecule has 116 valence electrons. The van der Waals surface area contributed by atoms with E-state index in [1.165, 1.54) is 0 Å². The summed E-state index contributed by atoms with van der Waals surface area (Å²) < 4.78 is 10.2. The van der Waals surface area contributed by atoms with Gasteiger partial charge in [-0.15, -0.1) is 0 Å². The Morgan fingerprint density at radius 1 is 1.38 bits per heavy atom. The molecule has 5 nitrogen and oxygen atoms in total. The first-order valence-corrected chi connectivity index (χ1v) is 8.01. The van der Waals surface area contributed by atoms with Gasteiger partial charge in [-0.2, -0.15) is 0 Å². The van der Waals surface area contributed by atoms with Crippen molar-refractivity contribution in [1.29, 1.82) is 0 Å². The molecule has 0 saturated heterocycles. The maximum absolute atomic E-state index is 5.22. The quantitative estimate of drug-likeness (QED) is 0.551. The lowest BCUT2D eigenvalue weighted by atomic mass is 10.3. The summed E-state index contributed by atoms with van der Waals surface area (Å²) in [4.78, 5) is 7.93. The van der Waals surface area contributed by atoms with Gasteiger partial charge in [0.25, 0.3) is 0 Å². The fourth-order valence-corrected chi connectivity index (χ4v) is 2.93. The van der Waals surface area contributed by atoms with E-state index < -0.39 is 0 Å². The minimum Gasteiger partial charge on any atom is -0.497 e. The van der Waals surface area contributed by atoms with Crippen LogP contribution in [0.25, 0.3) is 11.0 Å². The number of thioether (sulfide) groups is 1. The van der Waals surface area contributed by atoms with Crippen LogP contribution in [0.5, 0.6) is 5.75 Å². The molecule has 6 heteroatoms. The number of rotatable bonds is 9. The van der Waals surface area contributed by atoms with E-state index in [0.717, 1.165) is 48.1 Å². The molecule has 1 aromatic carbocycles. The number of hydrogen-bond acceptors (Lipinski definition) is 5. The number of benzene rings is 1. The molecule has 1 unspecified atom stereocenters. The molecule has 2 N–H and O–H groups in total. The molecule has 0 saturated carbocycles. The Balaban J connectivity index is 1.84. The predicted octanol–water partition coefficient (Wildman–Crippen LogP) is 2.68. The van der Waals surface area contributed by atoms with Gasteiger partial charge in [0.15, 0.2) is 5.16 Å². The first-order chi connectivity index (χ1) is 10.2. The average molecular weight is 309 g/mol. The molecule has 2 aromatic rings. The van der Waals surface area contributed by atoms with Crippen LogP contribution in [0.4, 0.5) is 0 Å². The standard InChI is InChI=1S/C15H23N3O2S/c1-11(10-16-7-4-8-19-2)21-15-17-13-6-5-12(20-3)9-14(13)18-15/h5-6,9,11,16H,4,7-8,10H2,1-3H3,(H,17,18). The fourth-order valence-electron chi connectivity index (χ4n) is 2.03. The van der Waals surface area contributed by atoms with Crippen molar-refractivity contribution < 1.29 is 9.47 Å². The minimum atomic E-state index is 0.454. The molecule has 21 heavy (non-hydrogen) atoms. The van der Waals surface area contributed by atoms with Gasteiger partial charge in [0.2, 0.25) is 0 Å². The number of fused-ring (bicyclic) bond motifs is 1. The summed E-state index contributed by atoms with van der Waals surface area (Å²) in [5.74, 6) is 0.843. The Morgan fingerprint density at radius 2 is 2.24 bits per heavy atom. The Kier molecular flexibility index (Phi) is 6.35. The van der Waals surface area contributed by atoms with E-state index in [2.05, 4.69) is 22.2 Å². The van der Waals surface area contributed by atoms with Crippen LogP contribution >= 0.6 is 11.8 Å². The molecular formula is C15H23N3O2S. The van der Waals surface area contributed by atoms with Crippen molar-refractivity contribution in [3.8, 4) is 5.75 Å². The van der Waals surface area contributed by atoms with Crippen LogP contribution in [-0.2, 0) is 4.74 Å². The maximum atomic E-state index is 5.22. The summed E-state index contributed by atoms with van der Waals surface area (Å²) in [7, 11) is 3.40. The van der Waals surface area contributed by atoms with Gasteiger partial charge in [-0.25, -0.2) is 4.98 Å². The second kappa shape index (κ2) is 8.26. The van der Waals surface area contributed by atoms with E-state index in [4.69, 9.17) is 9.47 Å². The highest BCUT2D eigenvalue weighted by atomic mass is 32.2. The van der Waals surface area contributed by atoms with Crippen molar-refractivity contribution in [3.05, 3.63) is 18.2 Å². The van der Waals surface area contributed by atoms with Crippen LogP contribution in [0.2, 0.25) is 0 Å². The molecule has 1 aromatic heterocycles. The Labute approximate surface area is 129 Å². The minimum absolute atomic E-state index is 0.454. The van der Waals surface area contributed by atoms with Crippen LogP contribution < -0.4 is 10.1 Å². The topological polar surface area (TPSA) is 59.2 Å². The van der Waals surface area contributed by atoms with Crippen molar-refractivity contribution in [2.75, 3.05) is 33.9 Å². The second-order valence-electron chi connectivity index (χ2n) is 4.90. The molecule has 0 amide bonds. The van der Waals surface area contributed by atoms with Crippen LogP contribution in [-0.4, -0.2) is 49.1 Å². The van der Waals surface area contributed by atoms with Gasteiger partial charge < -0.3 is 19.8 Å². The van der Waals surface area contributed by atoms with Gasteiger partial charge >= 0.3 is 0 Å². The van der Waals surface area contributed by atoms with E-state index in [-0.39, 0.29) is 0 Å². The van der Waals surface area contributed by atoms with Crippen LogP contribution in [0, 0.1) is 0 Å². The smallest absolute Gasteiger partial charge is 0.166 e. The Bertz CT molecular complexity index is 559. The summed E-state index contributed by atoms with van der Waals surface area (Å²) in [6.45, 7) is 4.94. The molecule has 1 atom stereocenters. The monoisotopic (exact) mass is 309 g/mol. The number of nitrogens with one attached hydrogen (secondary N) is 2. The molecular weight excluding hydrogens is 286 g/mol. The summed E-state index contributed by atoms with van der Waals surface area (Å²) in [5, 5.41) is 4.83. The van der Waals surface area contributed by atoms with Gasteiger partial charge in [-0.3, -0.25) is 0 Å². The highest BCUT2D eigenvalue weighted by molar-refractivity contribution is 7.99. The lowest BCUT2D eigenvalue weighted by molar-refractivity contribution is 0.194. The molecule has 0 bridgehead atoms. The highest BCUT2D eigenvalue weighted by Crippen LogP contribution is 2.25. The van der Waals surface area contributed by atoms with Crippen LogP contribution in [0.3, 0.4) is 0 Å². The maximum Gasteiger partial charge on any atom is 0.166 e. The summed E-state index contributed by atoms with van der Waals surface area (Å²) in [6.07, 6.45) is 1.04. The average Bonchev–Trinajstić information content (AvgIpc) is 2.87. The SMILES string of the molecule is COCCCNCC(C)Sc1nc2ccc(OC)cc2[nH]1. The van der Waals surface area contributed by atoms with E-state index in [1.54, 1.807) is 26.0 Å². The predicted molar refractivity (Wildman–Crippen MR) is 87.3 cm³/mol. The number of ether oxygens (including phenoxy) is 2. The third kappa shape index (κ3) is 4.91.